The van der Waals surface area contributed by atoms with E-state index >= 15 is 0 Å². The summed E-state index contributed by atoms with van der Waals surface area (Å²) in [5.41, 5.74) is 1.36. The molecule has 72 valence electrons. The van der Waals surface area contributed by atoms with Crippen LogP contribution in [0.3, 0.4) is 0 Å². The molecule has 0 aromatic heterocycles. The molecule has 0 unspecified atom stereocenters. The van der Waals surface area contributed by atoms with Gasteiger partial charge in [-0.15, -0.1) is 0 Å². The van der Waals surface area contributed by atoms with Crippen molar-refractivity contribution in [2.75, 3.05) is 0 Å². The molecule has 1 aromatic rings. The molecule has 1 N–H and O–H groups in total. The molecule has 2 nitrogen and oxygen atoms in total. The van der Waals surface area contributed by atoms with Crippen molar-refractivity contribution >= 4 is 23.2 Å². The van der Waals surface area contributed by atoms with Crippen molar-refractivity contribution in [1.29, 1.82) is 0 Å². The van der Waals surface area contributed by atoms with Gasteiger partial charge in [0.2, 0.25) is 5.91 Å². The van der Waals surface area contributed by atoms with E-state index in [1.54, 1.807) is 24.3 Å². The molecule has 14 heavy (non-hydrogen) atoms. The van der Waals surface area contributed by atoms with E-state index < -0.39 is 0 Å². The maximum Gasteiger partial charge on any atom is 0.247 e. The van der Waals surface area contributed by atoms with Crippen LogP contribution in [0.25, 0.3) is 5.70 Å². The fourth-order valence-electron chi connectivity index (χ4n) is 0.923. The Kier molecular flexibility index (Phi) is 3.48. The number of amides is 1. The zero-order valence-electron chi connectivity index (χ0n) is 7.59. The molecule has 0 radical (unpaired) electrons. The quantitative estimate of drug-likeness (QED) is 0.759. The molecule has 0 bridgehead atoms. The largest absolute Gasteiger partial charge is 0.323 e. The van der Waals surface area contributed by atoms with E-state index in [2.05, 4.69) is 18.5 Å². The number of carbonyl (C=O) groups excluding carboxylic acids is 1. The van der Waals surface area contributed by atoms with E-state index in [9.17, 15) is 4.79 Å². The normalized spacial score (nSPS) is 9.21. The SMILES string of the molecule is C=CC(=O)NC(=C)c1ccc(Cl)cc1. The highest BCUT2D eigenvalue weighted by Gasteiger charge is 2.00. The second kappa shape index (κ2) is 4.63. The number of carbonyl (C=O) groups is 1. The maximum absolute atomic E-state index is 10.9. The molecule has 0 aliphatic heterocycles. The summed E-state index contributed by atoms with van der Waals surface area (Å²) < 4.78 is 0. The van der Waals surface area contributed by atoms with E-state index in [1.807, 2.05) is 0 Å². The van der Waals surface area contributed by atoms with Gasteiger partial charge < -0.3 is 5.32 Å². The third kappa shape index (κ3) is 2.75. The van der Waals surface area contributed by atoms with Gasteiger partial charge in [0.25, 0.3) is 0 Å². The van der Waals surface area contributed by atoms with Gasteiger partial charge in [-0.05, 0) is 23.8 Å². The predicted molar refractivity (Wildman–Crippen MR) is 58.8 cm³/mol. The minimum absolute atomic E-state index is 0.273. The molecule has 0 saturated heterocycles. The fraction of sp³-hybridized carbons (Fsp3) is 0. The van der Waals surface area contributed by atoms with Crippen LogP contribution in [-0.4, -0.2) is 5.91 Å². The zero-order valence-corrected chi connectivity index (χ0v) is 8.34. The number of hydrogen-bond acceptors (Lipinski definition) is 1. The molecule has 0 fully saturated rings. The van der Waals surface area contributed by atoms with Gasteiger partial charge in [0, 0.05) is 10.7 Å². The summed E-state index contributed by atoms with van der Waals surface area (Å²) in [7, 11) is 0. The molecular weight excluding hydrogens is 198 g/mol. The van der Waals surface area contributed by atoms with E-state index in [-0.39, 0.29) is 5.91 Å². The Hall–Kier alpha value is -1.54. The van der Waals surface area contributed by atoms with Gasteiger partial charge in [0.05, 0.1) is 0 Å². The summed E-state index contributed by atoms with van der Waals surface area (Å²) in [5.74, 6) is -0.273. The summed E-state index contributed by atoms with van der Waals surface area (Å²) in [6, 6.07) is 7.05. The number of hydrogen-bond donors (Lipinski definition) is 1. The van der Waals surface area contributed by atoms with Crippen molar-refractivity contribution < 1.29 is 4.79 Å². The number of nitrogens with one attached hydrogen (secondary N) is 1. The van der Waals surface area contributed by atoms with Crippen LogP contribution in [0.15, 0.2) is 43.5 Å². The van der Waals surface area contributed by atoms with E-state index in [0.717, 1.165) is 5.56 Å². The van der Waals surface area contributed by atoms with Gasteiger partial charge in [-0.3, -0.25) is 4.79 Å². The molecule has 0 spiro atoms. The Bertz CT molecular complexity index is 367. The van der Waals surface area contributed by atoms with Crippen LogP contribution in [0, 0.1) is 0 Å². The lowest BCUT2D eigenvalue weighted by Gasteiger charge is -2.05. The molecule has 0 aliphatic carbocycles. The second-order valence-electron chi connectivity index (χ2n) is 2.68. The Morgan fingerprint density at radius 3 is 2.43 bits per heavy atom. The average Bonchev–Trinajstić information content (AvgIpc) is 2.18. The lowest BCUT2D eigenvalue weighted by Crippen LogP contribution is -2.18. The second-order valence-corrected chi connectivity index (χ2v) is 3.12. The molecule has 0 saturated carbocycles. The highest BCUT2D eigenvalue weighted by Crippen LogP contribution is 2.13. The molecule has 0 atom stereocenters. The highest BCUT2D eigenvalue weighted by atomic mass is 35.5. The minimum Gasteiger partial charge on any atom is -0.323 e. The monoisotopic (exact) mass is 207 g/mol. The van der Waals surface area contributed by atoms with Gasteiger partial charge in [-0.25, -0.2) is 0 Å². The summed E-state index contributed by atoms with van der Waals surface area (Å²) in [6.07, 6.45) is 1.20. The Labute approximate surface area is 87.9 Å². The molecule has 0 heterocycles. The summed E-state index contributed by atoms with van der Waals surface area (Å²) >= 11 is 5.72. The Balaban J connectivity index is 2.75. The number of benzene rings is 1. The molecular formula is C11H10ClNO. The summed E-state index contributed by atoms with van der Waals surface area (Å²) in [5, 5.41) is 3.22. The number of halogens is 1. The first-order chi connectivity index (χ1) is 6.63. The van der Waals surface area contributed by atoms with Crippen LogP contribution in [0.5, 0.6) is 0 Å². The van der Waals surface area contributed by atoms with Gasteiger partial charge >= 0.3 is 0 Å². The van der Waals surface area contributed by atoms with Gasteiger partial charge in [0.15, 0.2) is 0 Å². The standard InChI is InChI=1S/C11H10ClNO/c1-3-11(14)13-8(2)9-4-6-10(12)7-5-9/h3-7H,1-2H2,(H,13,14). The molecule has 1 amide bonds. The van der Waals surface area contributed by atoms with E-state index in [4.69, 9.17) is 11.6 Å². The summed E-state index contributed by atoms with van der Waals surface area (Å²) in [6.45, 7) is 7.07. The van der Waals surface area contributed by atoms with Gasteiger partial charge in [-0.1, -0.05) is 36.9 Å². The van der Waals surface area contributed by atoms with Crippen LogP contribution < -0.4 is 5.32 Å². The van der Waals surface area contributed by atoms with Crippen LogP contribution >= 0.6 is 11.6 Å². The minimum atomic E-state index is -0.273. The first-order valence-corrected chi connectivity index (χ1v) is 4.39. The third-order valence-corrected chi connectivity index (χ3v) is 1.90. The van der Waals surface area contributed by atoms with E-state index in [0.29, 0.717) is 10.7 Å². The van der Waals surface area contributed by atoms with Crippen molar-refractivity contribution in [1.82, 2.24) is 5.32 Å². The smallest absolute Gasteiger partial charge is 0.247 e. The molecule has 1 rings (SSSR count). The number of rotatable bonds is 3. The molecule has 0 aliphatic rings. The van der Waals surface area contributed by atoms with Crippen molar-refractivity contribution in [2.45, 2.75) is 0 Å². The van der Waals surface area contributed by atoms with Crippen LogP contribution in [0.2, 0.25) is 5.02 Å². The molecule has 1 aromatic carbocycles. The summed E-state index contributed by atoms with van der Waals surface area (Å²) in [4.78, 5) is 10.9. The topological polar surface area (TPSA) is 29.1 Å². The Morgan fingerprint density at radius 1 is 1.36 bits per heavy atom. The zero-order chi connectivity index (χ0) is 10.6. The first kappa shape index (κ1) is 10.5. The van der Waals surface area contributed by atoms with Crippen LogP contribution in [-0.2, 0) is 4.79 Å². The average molecular weight is 208 g/mol. The fourth-order valence-corrected chi connectivity index (χ4v) is 1.05. The van der Waals surface area contributed by atoms with Gasteiger partial charge in [-0.2, -0.15) is 0 Å². The molecule has 3 heteroatoms. The Morgan fingerprint density at radius 2 is 1.93 bits per heavy atom. The van der Waals surface area contributed by atoms with E-state index in [1.165, 1.54) is 6.08 Å². The van der Waals surface area contributed by atoms with Crippen molar-refractivity contribution in [3.63, 3.8) is 0 Å². The third-order valence-electron chi connectivity index (χ3n) is 1.65. The predicted octanol–water partition coefficient (Wildman–Crippen LogP) is 2.61. The lowest BCUT2D eigenvalue weighted by molar-refractivity contribution is -0.115. The first-order valence-electron chi connectivity index (χ1n) is 4.01. The lowest BCUT2D eigenvalue weighted by atomic mass is 10.2. The van der Waals surface area contributed by atoms with Crippen molar-refractivity contribution in [3.05, 3.63) is 54.1 Å². The van der Waals surface area contributed by atoms with Gasteiger partial charge in [0.1, 0.15) is 0 Å². The van der Waals surface area contributed by atoms with Crippen LogP contribution in [0.4, 0.5) is 0 Å². The van der Waals surface area contributed by atoms with Crippen molar-refractivity contribution in [2.24, 2.45) is 0 Å². The maximum atomic E-state index is 10.9. The van der Waals surface area contributed by atoms with Crippen molar-refractivity contribution in [3.8, 4) is 0 Å². The van der Waals surface area contributed by atoms with Crippen LogP contribution in [0.1, 0.15) is 5.56 Å². The highest BCUT2D eigenvalue weighted by molar-refractivity contribution is 6.30.